The second-order valence-corrected chi connectivity index (χ2v) is 7.85. The van der Waals surface area contributed by atoms with Crippen LogP contribution in [-0.2, 0) is 18.4 Å². The third-order valence-electron chi connectivity index (χ3n) is 5.04. The first kappa shape index (κ1) is 18.9. The summed E-state index contributed by atoms with van der Waals surface area (Å²) in [5, 5.41) is 4.39. The number of hydrogen-bond donors (Lipinski definition) is 0. The van der Waals surface area contributed by atoms with Crippen molar-refractivity contribution in [3.05, 3.63) is 42.2 Å². The number of hydrogen-bond acceptors (Lipinski definition) is 4. The Balaban J connectivity index is 1.63. The van der Waals surface area contributed by atoms with Gasteiger partial charge in [-0.2, -0.15) is 13.9 Å². The number of aromatic nitrogens is 4. The number of halogens is 2. The maximum absolute atomic E-state index is 13.2. The van der Waals surface area contributed by atoms with E-state index in [1.54, 1.807) is 33.6 Å². The topological polar surface area (TPSA) is 56.0 Å². The summed E-state index contributed by atoms with van der Waals surface area (Å²) in [5.74, 6) is -2.68. The molecule has 2 aromatic heterocycles. The van der Waals surface area contributed by atoms with Gasteiger partial charge in [0, 0.05) is 25.4 Å². The molecule has 1 saturated heterocycles. The molecule has 0 spiro atoms. The van der Waals surface area contributed by atoms with Gasteiger partial charge < -0.3 is 9.47 Å². The molecule has 6 nitrogen and oxygen atoms in total. The van der Waals surface area contributed by atoms with Gasteiger partial charge in [0.25, 0.3) is 5.76 Å². The number of amides is 1. The Morgan fingerprint density at radius 2 is 2.14 bits per heavy atom. The summed E-state index contributed by atoms with van der Waals surface area (Å²) in [7, 11) is 1.85. The van der Waals surface area contributed by atoms with Crippen LogP contribution in [-0.4, -0.2) is 42.4 Å². The zero-order chi connectivity index (χ0) is 19.7. The van der Waals surface area contributed by atoms with Crippen molar-refractivity contribution in [2.24, 2.45) is 7.05 Å². The minimum Gasteiger partial charge on any atom is -0.334 e. The van der Waals surface area contributed by atoms with Crippen LogP contribution in [0.3, 0.4) is 0 Å². The maximum atomic E-state index is 13.2. The molecule has 148 valence electrons. The van der Waals surface area contributed by atoms with Crippen LogP contribution in [0.1, 0.15) is 30.9 Å². The Hall–Kier alpha value is -2.42. The number of alkyl halides is 2. The van der Waals surface area contributed by atoms with E-state index < -0.39 is 5.76 Å². The average Bonchev–Trinajstić information content (AvgIpc) is 3.25. The number of imidazole rings is 1. The van der Waals surface area contributed by atoms with Crippen molar-refractivity contribution >= 4 is 28.7 Å². The first-order chi connectivity index (χ1) is 13.5. The monoisotopic (exact) mass is 405 g/mol. The summed E-state index contributed by atoms with van der Waals surface area (Å²) in [6.07, 6.45) is 6.58. The largest absolute Gasteiger partial charge is 0.334 e. The summed E-state index contributed by atoms with van der Waals surface area (Å²) in [4.78, 5) is 19.3. The fourth-order valence-corrected chi connectivity index (χ4v) is 4.39. The Kier molecular flexibility index (Phi) is 5.34. The molecule has 3 heterocycles. The van der Waals surface area contributed by atoms with E-state index in [4.69, 9.17) is 0 Å². The van der Waals surface area contributed by atoms with Crippen molar-refractivity contribution in [1.82, 2.24) is 24.2 Å². The van der Waals surface area contributed by atoms with E-state index in [2.05, 4.69) is 10.1 Å². The number of likely N-dealkylation sites (tertiary alicyclic amines) is 1. The van der Waals surface area contributed by atoms with E-state index in [1.165, 1.54) is 0 Å². The molecule has 0 saturated carbocycles. The van der Waals surface area contributed by atoms with Crippen LogP contribution < -0.4 is 0 Å². The predicted molar refractivity (Wildman–Crippen MR) is 103 cm³/mol. The van der Waals surface area contributed by atoms with Crippen LogP contribution in [0.15, 0.2) is 41.8 Å². The smallest absolute Gasteiger partial charge is 0.291 e. The van der Waals surface area contributed by atoms with Crippen molar-refractivity contribution < 1.29 is 13.6 Å². The Morgan fingerprint density at radius 1 is 1.32 bits per heavy atom. The highest BCUT2D eigenvalue weighted by atomic mass is 32.2. The fourth-order valence-electron chi connectivity index (χ4n) is 3.79. The van der Waals surface area contributed by atoms with E-state index in [0.717, 1.165) is 24.8 Å². The normalized spacial score (nSPS) is 17.6. The van der Waals surface area contributed by atoms with Gasteiger partial charge >= 0.3 is 0 Å². The molecule has 1 amide bonds. The van der Waals surface area contributed by atoms with Crippen molar-refractivity contribution in [1.29, 1.82) is 0 Å². The number of aryl methyl sites for hydroxylation is 1. The zero-order valence-electron chi connectivity index (χ0n) is 15.5. The van der Waals surface area contributed by atoms with Gasteiger partial charge in [-0.25, -0.2) is 4.98 Å². The number of fused-ring (bicyclic) bond motifs is 1. The summed E-state index contributed by atoms with van der Waals surface area (Å²) in [5.41, 5.74) is 2.31. The lowest BCUT2D eigenvalue weighted by Crippen LogP contribution is -2.40. The summed E-state index contributed by atoms with van der Waals surface area (Å²) in [6, 6.07) is 7.17. The van der Waals surface area contributed by atoms with E-state index in [-0.39, 0.29) is 23.7 Å². The van der Waals surface area contributed by atoms with Crippen LogP contribution >= 0.6 is 11.8 Å². The lowest BCUT2D eigenvalue weighted by Gasteiger charge is -2.35. The molecule has 1 aliphatic rings. The number of nitrogens with zero attached hydrogens (tertiary/aromatic N) is 5. The van der Waals surface area contributed by atoms with Gasteiger partial charge in [0.1, 0.15) is 6.54 Å². The van der Waals surface area contributed by atoms with Crippen molar-refractivity contribution in [3.8, 4) is 0 Å². The van der Waals surface area contributed by atoms with Crippen molar-refractivity contribution in [3.63, 3.8) is 0 Å². The molecular formula is C19H21F2N5OS. The lowest BCUT2D eigenvalue weighted by atomic mass is 9.97. The molecule has 0 aliphatic carbocycles. The van der Waals surface area contributed by atoms with Gasteiger partial charge in [-0.3, -0.25) is 9.48 Å². The molecule has 1 atom stereocenters. The molecule has 1 unspecified atom stereocenters. The zero-order valence-corrected chi connectivity index (χ0v) is 16.3. The number of thioether (sulfide) groups is 1. The van der Waals surface area contributed by atoms with E-state index >= 15 is 0 Å². The molecular weight excluding hydrogens is 384 g/mol. The SMILES string of the molecule is Cn1cc(C2CCCCN2C(=O)Cn2c(SC(F)F)nc3ccccc32)cn1. The van der Waals surface area contributed by atoms with Gasteiger partial charge in [0.15, 0.2) is 5.16 Å². The number of piperidine rings is 1. The minimum absolute atomic E-state index is 0.00761. The van der Waals surface area contributed by atoms with Crippen molar-refractivity contribution in [2.75, 3.05) is 6.54 Å². The highest BCUT2D eigenvalue weighted by Crippen LogP contribution is 2.32. The van der Waals surface area contributed by atoms with Gasteiger partial charge in [0.2, 0.25) is 5.91 Å². The first-order valence-electron chi connectivity index (χ1n) is 9.21. The Bertz CT molecular complexity index is 986. The highest BCUT2D eigenvalue weighted by Gasteiger charge is 2.30. The number of rotatable bonds is 5. The quantitative estimate of drug-likeness (QED) is 0.606. The summed E-state index contributed by atoms with van der Waals surface area (Å²) >= 11 is 0.374. The van der Waals surface area contributed by atoms with Crippen LogP contribution in [0.25, 0.3) is 11.0 Å². The average molecular weight is 405 g/mol. The second-order valence-electron chi connectivity index (χ2n) is 6.89. The van der Waals surface area contributed by atoms with Crippen LogP contribution in [0.4, 0.5) is 8.78 Å². The molecule has 4 rings (SSSR count). The maximum Gasteiger partial charge on any atom is 0.291 e. The number of carbonyl (C=O) groups is 1. The van der Waals surface area contributed by atoms with E-state index in [0.29, 0.717) is 29.3 Å². The van der Waals surface area contributed by atoms with Crippen LogP contribution in [0.5, 0.6) is 0 Å². The Labute approximate surface area is 165 Å². The third-order valence-corrected chi connectivity index (χ3v) is 5.74. The van der Waals surface area contributed by atoms with Crippen LogP contribution in [0.2, 0.25) is 0 Å². The Morgan fingerprint density at radius 3 is 2.89 bits per heavy atom. The van der Waals surface area contributed by atoms with Gasteiger partial charge in [-0.05, 0) is 43.2 Å². The molecule has 1 aromatic carbocycles. The van der Waals surface area contributed by atoms with E-state index in [9.17, 15) is 13.6 Å². The standard InChI is InChI=1S/C19H21F2N5OS/c1-24-11-13(10-22-24)15-7-4-5-9-25(15)17(27)12-26-16-8-3-2-6-14(16)23-19(26)28-18(20)21/h2-3,6,8,10-11,15,18H,4-5,7,9,12H2,1H3. The van der Waals surface area contributed by atoms with E-state index in [1.807, 2.05) is 24.2 Å². The predicted octanol–water partition coefficient (Wildman–Crippen LogP) is 3.84. The minimum atomic E-state index is -2.59. The number of carbonyl (C=O) groups excluding carboxylic acids is 1. The molecule has 1 fully saturated rings. The van der Waals surface area contributed by atoms with Crippen LogP contribution in [0, 0.1) is 0 Å². The molecule has 1 aliphatic heterocycles. The molecule has 28 heavy (non-hydrogen) atoms. The summed E-state index contributed by atoms with van der Waals surface area (Å²) in [6.45, 7) is 0.647. The second kappa shape index (κ2) is 7.90. The third kappa shape index (κ3) is 3.76. The molecule has 0 radical (unpaired) electrons. The first-order valence-corrected chi connectivity index (χ1v) is 10.1. The summed E-state index contributed by atoms with van der Waals surface area (Å²) < 4.78 is 29.4. The lowest BCUT2D eigenvalue weighted by molar-refractivity contribution is -0.135. The molecule has 0 N–H and O–H groups in total. The fraction of sp³-hybridized carbons (Fsp3) is 0.421. The molecule has 0 bridgehead atoms. The number of benzene rings is 1. The molecule has 9 heteroatoms. The number of para-hydroxylation sites is 2. The van der Waals surface area contributed by atoms with Gasteiger partial charge in [-0.1, -0.05) is 12.1 Å². The van der Waals surface area contributed by atoms with Gasteiger partial charge in [0.05, 0.1) is 23.3 Å². The van der Waals surface area contributed by atoms with Crippen molar-refractivity contribution in [2.45, 2.75) is 42.8 Å². The molecule has 3 aromatic rings. The van der Waals surface area contributed by atoms with Gasteiger partial charge in [-0.15, -0.1) is 0 Å². The highest BCUT2D eigenvalue weighted by molar-refractivity contribution is 7.99.